The Morgan fingerprint density at radius 3 is 2.56 bits per heavy atom. The van der Waals surface area contributed by atoms with Crippen molar-refractivity contribution < 1.29 is 9.53 Å². The van der Waals surface area contributed by atoms with Gasteiger partial charge in [0.1, 0.15) is 5.75 Å². The largest absolute Gasteiger partial charge is 0.481 e. The van der Waals surface area contributed by atoms with Crippen LogP contribution in [0.15, 0.2) is 47.4 Å². The van der Waals surface area contributed by atoms with Gasteiger partial charge in [-0.2, -0.15) is 0 Å². The maximum Gasteiger partial charge on any atom is 0.265 e. The summed E-state index contributed by atoms with van der Waals surface area (Å²) in [5.74, 6) is 1.95. The van der Waals surface area contributed by atoms with E-state index in [1.165, 1.54) is 0 Å². The van der Waals surface area contributed by atoms with Gasteiger partial charge in [0.05, 0.1) is 5.69 Å². The summed E-state index contributed by atoms with van der Waals surface area (Å²) in [5, 5.41) is 2.99. The lowest BCUT2D eigenvalue weighted by Crippen LogP contribution is -2.30. The molecule has 2 rings (SSSR count). The van der Waals surface area contributed by atoms with E-state index in [9.17, 15) is 4.79 Å². The molecule has 0 heterocycles. The first-order chi connectivity index (χ1) is 11.9. The summed E-state index contributed by atoms with van der Waals surface area (Å²) >= 11 is 1.71. The Bertz CT molecular complexity index is 728. The van der Waals surface area contributed by atoms with Crippen molar-refractivity contribution in [2.24, 2.45) is 0 Å². The summed E-state index contributed by atoms with van der Waals surface area (Å²) in [6.07, 6.45) is -0.570. The zero-order valence-electron chi connectivity index (χ0n) is 15.6. The van der Waals surface area contributed by atoms with Crippen LogP contribution in [-0.2, 0) is 4.79 Å². The number of carbonyl (C=O) groups is 1. The number of carbonyl (C=O) groups excluding carboxylic acids is 1. The van der Waals surface area contributed by atoms with Gasteiger partial charge in [0, 0.05) is 4.90 Å². The second-order valence-electron chi connectivity index (χ2n) is 6.37. The van der Waals surface area contributed by atoms with Crippen molar-refractivity contribution in [3.8, 4) is 5.75 Å². The zero-order valence-corrected chi connectivity index (χ0v) is 16.4. The first-order valence-corrected chi connectivity index (χ1v) is 9.70. The number of hydrogen-bond acceptors (Lipinski definition) is 3. The summed E-state index contributed by atoms with van der Waals surface area (Å²) in [6.45, 7) is 10.2. The first-order valence-electron chi connectivity index (χ1n) is 8.72. The summed E-state index contributed by atoms with van der Waals surface area (Å²) in [7, 11) is 0. The molecule has 0 bridgehead atoms. The van der Waals surface area contributed by atoms with E-state index in [1.807, 2.05) is 37.3 Å². The highest BCUT2D eigenvalue weighted by molar-refractivity contribution is 7.99. The molecule has 134 valence electrons. The SMILES string of the molecule is CCSc1ccccc1NC(=O)[C@H](C)Oc1cc(C)ccc1C(C)C. The minimum Gasteiger partial charge on any atom is -0.481 e. The average Bonchev–Trinajstić information content (AvgIpc) is 2.56. The molecule has 25 heavy (non-hydrogen) atoms. The molecule has 4 heteroatoms. The third-order valence-corrected chi connectivity index (χ3v) is 4.86. The highest BCUT2D eigenvalue weighted by Crippen LogP contribution is 2.29. The monoisotopic (exact) mass is 357 g/mol. The van der Waals surface area contributed by atoms with Crippen LogP contribution >= 0.6 is 11.8 Å². The highest BCUT2D eigenvalue weighted by Gasteiger charge is 2.18. The van der Waals surface area contributed by atoms with E-state index >= 15 is 0 Å². The molecule has 0 aromatic heterocycles. The quantitative estimate of drug-likeness (QED) is 0.652. The molecule has 0 saturated heterocycles. The molecule has 2 aromatic rings. The second kappa shape index (κ2) is 8.95. The van der Waals surface area contributed by atoms with Crippen LogP contribution in [0.2, 0.25) is 0 Å². The van der Waals surface area contributed by atoms with Crippen LogP contribution in [0.4, 0.5) is 5.69 Å². The zero-order chi connectivity index (χ0) is 18.4. The predicted octanol–water partition coefficient (Wildman–Crippen LogP) is 5.64. The smallest absolute Gasteiger partial charge is 0.265 e. The van der Waals surface area contributed by atoms with Gasteiger partial charge in [-0.05, 0) is 54.8 Å². The lowest BCUT2D eigenvalue weighted by Gasteiger charge is -2.20. The van der Waals surface area contributed by atoms with Gasteiger partial charge in [-0.1, -0.05) is 45.0 Å². The molecule has 1 atom stereocenters. The van der Waals surface area contributed by atoms with E-state index in [2.05, 4.69) is 38.2 Å². The van der Waals surface area contributed by atoms with Gasteiger partial charge in [-0.3, -0.25) is 4.79 Å². The van der Waals surface area contributed by atoms with E-state index < -0.39 is 6.10 Å². The molecular formula is C21H27NO2S. The minimum absolute atomic E-state index is 0.139. The fourth-order valence-electron chi connectivity index (χ4n) is 2.55. The van der Waals surface area contributed by atoms with E-state index in [0.29, 0.717) is 5.92 Å². The number of rotatable bonds is 7. The average molecular weight is 358 g/mol. The topological polar surface area (TPSA) is 38.3 Å². The highest BCUT2D eigenvalue weighted by atomic mass is 32.2. The van der Waals surface area contributed by atoms with E-state index in [1.54, 1.807) is 18.7 Å². The molecule has 0 spiro atoms. The van der Waals surface area contributed by atoms with Crippen LogP contribution in [0.25, 0.3) is 0 Å². The van der Waals surface area contributed by atoms with Gasteiger partial charge in [0.15, 0.2) is 6.10 Å². The Labute approximate surface area is 155 Å². The number of nitrogens with one attached hydrogen (secondary N) is 1. The number of aryl methyl sites for hydroxylation is 1. The molecular weight excluding hydrogens is 330 g/mol. The Morgan fingerprint density at radius 1 is 1.16 bits per heavy atom. The number of thioether (sulfide) groups is 1. The van der Waals surface area contributed by atoms with Gasteiger partial charge >= 0.3 is 0 Å². The molecule has 1 amide bonds. The molecule has 2 aromatic carbocycles. The molecule has 1 N–H and O–H groups in total. The van der Waals surface area contributed by atoms with Gasteiger partial charge < -0.3 is 10.1 Å². The number of benzene rings is 2. The lowest BCUT2D eigenvalue weighted by molar-refractivity contribution is -0.122. The third kappa shape index (κ3) is 5.27. The Hall–Kier alpha value is -1.94. The number of anilines is 1. The van der Waals surface area contributed by atoms with Crippen LogP contribution in [0.1, 0.15) is 44.7 Å². The van der Waals surface area contributed by atoms with Crippen molar-refractivity contribution in [3.63, 3.8) is 0 Å². The van der Waals surface area contributed by atoms with Crippen molar-refractivity contribution >= 4 is 23.4 Å². The van der Waals surface area contributed by atoms with Crippen LogP contribution in [-0.4, -0.2) is 17.8 Å². The maximum atomic E-state index is 12.6. The molecule has 0 unspecified atom stereocenters. The molecule has 0 aliphatic heterocycles. The van der Waals surface area contributed by atoms with Crippen molar-refractivity contribution in [1.82, 2.24) is 0 Å². The van der Waals surface area contributed by atoms with E-state index in [-0.39, 0.29) is 5.91 Å². The van der Waals surface area contributed by atoms with Gasteiger partial charge in [-0.15, -0.1) is 11.8 Å². The Balaban J connectivity index is 2.13. The maximum absolute atomic E-state index is 12.6. The van der Waals surface area contributed by atoms with Gasteiger partial charge in [-0.25, -0.2) is 0 Å². The van der Waals surface area contributed by atoms with Crippen molar-refractivity contribution in [3.05, 3.63) is 53.6 Å². The fourth-order valence-corrected chi connectivity index (χ4v) is 3.31. The Kier molecular flexibility index (Phi) is 6.94. The summed E-state index contributed by atoms with van der Waals surface area (Å²) < 4.78 is 6.00. The number of para-hydroxylation sites is 1. The number of amides is 1. The summed E-state index contributed by atoms with van der Waals surface area (Å²) in [4.78, 5) is 13.7. The lowest BCUT2D eigenvalue weighted by atomic mass is 10.0. The first kappa shape index (κ1) is 19.4. The Morgan fingerprint density at radius 2 is 1.88 bits per heavy atom. The van der Waals surface area contributed by atoms with E-state index in [4.69, 9.17) is 4.74 Å². The fraction of sp³-hybridized carbons (Fsp3) is 0.381. The van der Waals surface area contributed by atoms with Crippen LogP contribution in [0, 0.1) is 6.92 Å². The van der Waals surface area contributed by atoms with Crippen LogP contribution in [0.3, 0.4) is 0 Å². The molecule has 0 saturated carbocycles. The standard InChI is InChI=1S/C21H27NO2S/c1-6-25-20-10-8-7-9-18(20)22-21(23)16(5)24-19-13-15(4)11-12-17(19)14(2)3/h7-14,16H,6H2,1-5H3,(H,22,23)/t16-/m0/s1. The van der Waals surface area contributed by atoms with Crippen LogP contribution < -0.4 is 10.1 Å². The molecule has 3 nitrogen and oxygen atoms in total. The van der Waals surface area contributed by atoms with Crippen molar-refractivity contribution in [2.75, 3.05) is 11.1 Å². The van der Waals surface area contributed by atoms with Crippen molar-refractivity contribution in [2.45, 2.75) is 51.5 Å². The van der Waals surface area contributed by atoms with Crippen LogP contribution in [0.5, 0.6) is 5.75 Å². The molecule has 0 aliphatic carbocycles. The van der Waals surface area contributed by atoms with Gasteiger partial charge in [0.2, 0.25) is 0 Å². The molecule has 0 radical (unpaired) electrons. The van der Waals surface area contributed by atoms with Crippen molar-refractivity contribution in [1.29, 1.82) is 0 Å². The van der Waals surface area contributed by atoms with Gasteiger partial charge in [0.25, 0.3) is 5.91 Å². The predicted molar refractivity (Wildman–Crippen MR) is 107 cm³/mol. The van der Waals surface area contributed by atoms with E-state index in [0.717, 1.165) is 33.2 Å². The molecule has 0 fully saturated rings. The second-order valence-corrected chi connectivity index (χ2v) is 7.68. The normalized spacial score (nSPS) is 12.1. The third-order valence-electron chi connectivity index (χ3n) is 3.91. The molecule has 0 aliphatic rings. The number of ether oxygens (including phenoxy) is 1. The summed E-state index contributed by atoms with van der Waals surface area (Å²) in [6, 6.07) is 14.0. The number of hydrogen-bond donors (Lipinski definition) is 1. The summed E-state index contributed by atoms with van der Waals surface area (Å²) in [5.41, 5.74) is 3.08. The minimum atomic E-state index is -0.570.